The van der Waals surface area contributed by atoms with Gasteiger partial charge in [0.2, 0.25) is 5.91 Å². The fourth-order valence-electron chi connectivity index (χ4n) is 2.72. The second-order valence-electron chi connectivity index (χ2n) is 6.91. The highest BCUT2D eigenvalue weighted by atomic mass is 32.1. The lowest BCUT2D eigenvalue weighted by atomic mass is 10.1. The summed E-state index contributed by atoms with van der Waals surface area (Å²) in [6, 6.07) is -0.640. The van der Waals surface area contributed by atoms with E-state index in [2.05, 4.69) is 41.7 Å². The molecule has 0 aromatic heterocycles. The van der Waals surface area contributed by atoms with E-state index >= 15 is 0 Å². The van der Waals surface area contributed by atoms with E-state index in [1.165, 1.54) is 65.0 Å². The van der Waals surface area contributed by atoms with Crippen LogP contribution in [0.15, 0.2) is 0 Å². The van der Waals surface area contributed by atoms with E-state index in [1.54, 1.807) is 0 Å². The van der Waals surface area contributed by atoms with E-state index < -0.39 is 12.0 Å². The zero-order chi connectivity index (χ0) is 18.9. The average molecular weight is 375 g/mol. The smallest absolute Gasteiger partial charge is 0.329 e. The van der Waals surface area contributed by atoms with Crippen LogP contribution in [0.2, 0.25) is 0 Å². The van der Waals surface area contributed by atoms with E-state index in [9.17, 15) is 9.59 Å². The summed E-state index contributed by atoms with van der Waals surface area (Å²) in [5, 5.41) is 2.67. The second kappa shape index (κ2) is 16.7. The third-order valence-electron chi connectivity index (χ3n) is 4.26. The molecular formula is C19H38N2O3S. The Morgan fingerprint density at radius 1 is 0.920 bits per heavy atom. The van der Waals surface area contributed by atoms with Crippen molar-refractivity contribution in [2.24, 2.45) is 0 Å². The van der Waals surface area contributed by atoms with Crippen LogP contribution in [0.25, 0.3) is 0 Å². The second-order valence-corrected chi connectivity index (χ2v) is 7.28. The van der Waals surface area contributed by atoms with Gasteiger partial charge >= 0.3 is 5.97 Å². The highest BCUT2D eigenvalue weighted by Crippen LogP contribution is 2.11. The van der Waals surface area contributed by atoms with Gasteiger partial charge in [-0.1, -0.05) is 51.4 Å². The number of amides is 1. The van der Waals surface area contributed by atoms with Gasteiger partial charge in [0, 0.05) is 12.2 Å². The number of esters is 1. The van der Waals surface area contributed by atoms with Crippen molar-refractivity contribution in [2.45, 2.75) is 76.7 Å². The number of unbranched alkanes of at least 4 members (excludes halogenated alkanes) is 9. The normalized spacial score (nSPS) is 12.2. The number of nitrogens with one attached hydrogen (secondary N) is 1. The maximum absolute atomic E-state index is 11.8. The van der Waals surface area contributed by atoms with Gasteiger partial charge in [0.05, 0.1) is 7.11 Å². The van der Waals surface area contributed by atoms with E-state index in [-0.39, 0.29) is 11.7 Å². The molecule has 6 heteroatoms. The zero-order valence-corrected chi connectivity index (χ0v) is 17.3. The average Bonchev–Trinajstić information content (AvgIpc) is 2.59. The van der Waals surface area contributed by atoms with Gasteiger partial charge in [-0.15, -0.1) is 0 Å². The molecule has 0 aliphatic carbocycles. The van der Waals surface area contributed by atoms with Crippen LogP contribution in [-0.4, -0.2) is 56.3 Å². The van der Waals surface area contributed by atoms with Gasteiger partial charge in [0.1, 0.15) is 6.04 Å². The fourth-order valence-corrected chi connectivity index (χ4v) is 2.96. The Bertz CT molecular complexity index is 352. The Balaban J connectivity index is 3.40. The van der Waals surface area contributed by atoms with Crippen molar-refractivity contribution in [3.05, 3.63) is 0 Å². The van der Waals surface area contributed by atoms with Crippen LogP contribution >= 0.6 is 12.6 Å². The van der Waals surface area contributed by atoms with Crippen molar-refractivity contribution >= 4 is 24.5 Å². The summed E-state index contributed by atoms with van der Waals surface area (Å²) >= 11 is 4.06. The van der Waals surface area contributed by atoms with Gasteiger partial charge in [0.15, 0.2) is 0 Å². The van der Waals surface area contributed by atoms with Crippen LogP contribution in [0, 0.1) is 0 Å². The van der Waals surface area contributed by atoms with Crippen molar-refractivity contribution in [3.8, 4) is 0 Å². The summed E-state index contributed by atoms with van der Waals surface area (Å²) in [5.41, 5.74) is 0. The van der Waals surface area contributed by atoms with Gasteiger partial charge in [-0.2, -0.15) is 12.6 Å². The SMILES string of the molecule is COC(=O)C(CS)NC(=O)CCCCCCCCCCCCN(C)C. The Hall–Kier alpha value is -0.750. The van der Waals surface area contributed by atoms with Crippen LogP contribution in [0.4, 0.5) is 0 Å². The predicted octanol–water partition coefficient (Wildman–Crippen LogP) is 3.43. The molecule has 0 spiro atoms. The number of carbonyl (C=O) groups is 2. The summed E-state index contributed by atoms with van der Waals surface area (Å²) in [5.74, 6) is -0.277. The molecule has 0 aliphatic rings. The van der Waals surface area contributed by atoms with Gasteiger partial charge in [-0.3, -0.25) is 4.79 Å². The molecule has 25 heavy (non-hydrogen) atoms. The molecule has 0 bridgehead atoms. The Morgan fingerprint density at radius 3 is 1.84 bits per heavy atom. The number of ether oxygens (including phenoxy) is 1. The minimum Gasteiger partial charge on any atom is -0.467 e. The number of hydrogen-bond acceptors (Lipinski definition) is 5. The molecule has 0 radical (unpaired) electrons. The van der Waals surface area contributed by atoms with Crippen molar-refractivity contribution in [2.75, 3.05) is 33.5 Å². The lowest BCUT2D eigenvalue weighted by Crippen LogP contribution is -2.42. The molecule has 0 rings (SSSR count). The molecule has 5 nitrogen and oxygen atoms in total. The van der Waals surface area contributed by atoms with Crippen molar-refractivity contribution in [3.63, 3.8) is 0 Å². The molecule has 0 aromatic carbocycles. The zero-order valence-electron chi connectivity index (χ0n) is 16.4. The third-order valence-corrected chi connectivity index (χ3v) is 4.63. The third kappa shape index (κ3) is 15.2. The summed E-state index contributed by atoms with van der Waals surface area (Å²) in [7, 11) is 5.57. The molecular weight excluding hydrogens is 336 g/mol. The van der Waals surface area contributed by atoms with E-state index in [4.69, 9.17) is 0 Å². The number of rotatable bonds is 16. The van der Waals surface area contributed by atoms with Gasteiger partial charge in [0.25, 0.3) is 0 Å². The minimum atomic E-state index is -0.640. The van der Waals surface area contributed by atoms with Gasteiger partial charge in [-0.25, -0.2) is 4.79 Å². The van der Waals surface area contributed by atoms with Crippen LogP contribution < -0.4 is 5.32 Å². The standard InChI is InChI=1S/C19H38N2O3S/c1-21(2)15-13-11-9-7-5-4-6-8-10-12-14-18(22)20-17(16-25)19(23)24-3/h17,25H,4-16H2,1-3H3,(H,20,22). The first kappa shape index (κ1) is 24.2. The Labute approximate surface area is 159 Å². The molecule has 0 aromatic rings. The lowest BCUT2D eigenvalue weighted by molar-refractivity contribution is -0.144. The Kier molecular flexibility index (Phi) is 16.2. The number of thiol groups is 1. The highest BCUT2D eigenvalue weighted by molar-refractivity contribution is 7.80. The quantitative estimate of drug-likeness (QED) is 0.247. The minimum absolute atomic E-state index is 0.0952. The van der Waals surface area contributed by atoms with Gasteiger partial charge < -0.3 is 15.0 Å². The van der Waals surface area contributed by atoms with Crippen molar-refractivity contribution in [1.29, 1.82) is 0 Å². The summed E-state index contributed by atoms with van der Waals surface area (Å²) < 4.78 is 4.62. The van der Waals surface area contributed by atoms with Crippen LogP contribution in [0.1, 0.15) is 70.6 Å². The van der Waals surface area contributed by atoms with Crippen molar-refractivity contribution in [1.82, 2.24) is 10.2 Å². The largest absolute Gasteiger partial charge is 0.467 e. The molecule has 0 fully saturated rings. The van der Waals surface area contributed by atoms with Crippen molar-refractivity contribution < 1.29 is 14.3 Å². The van der Waals surface area contributed by atoms with Crippen LogP contribution in [-0.2, 0) is 14.3 Å². The maximum Gasteiger partial charge on any atom is 0.329 e. The highest BCUT2D eigenvalue weighted by Gasteiger charge is 2.19. The van der Waals surface area contributed by atoms with Crippen LogP contribution in [0.5, 0.6) is 0 Å². The van der Waals surface area contributed by atoms with E-state index in [1.807, 2.05) is 0 Å². The molecule has 0 saturated carbocycles. The molecule has 1 amide bonds. The monoisotopic (exact) mass is 374 g/mol. The van der Waals surface area contributed by atoms with E-state index in [0.717, 1.165) is 12.8 Å². The maximum atomic E-state index is 11.8. The lowest BCUT2D eigenvalue weighted by Gasteiger charge is -2.13. The number of carbonyl (C=O) groups excluding carboxylic acids is 2. The molecule has 1 unspecified atom stereocenters. The molecule has 0 aliphatic heterocycles. The molecule has 1 N–H and O–H groups in total. The first-order valence-corrected chi connectivity index (χ1v) is 10.3. The number of nitrogens with zero attached hydrogens (tertiary/aromatic N) is 1. The predicted molar refractivity (Wildman–Crippen MR) is 107 cm³/mol. The number of hydrogen-bond donors (Lipinski definition) is 2. The molecule has 148 valence electrons. The number of methoxy groups -OCH3 is 1. The molecule has 0 heterocycles. The summed E-state index contributed by atoms with van der Waals surface area (Å²) in [6.07, 6.45) is 12.8. The molecule has 0 saturated heterocycles. The summed E-state index contributed by atoms with van der Waals surface area (Å²) in [6.45, 7) is 1.20. The first-order valence-electron chi connectivity index (χ1n) is 9.64. The van der Waals surface area contributed by atoms with Crippen LogP contribution in [0.3, 0.4) is 0 Å². The van der Waals surface area contributed by atoms with Gasteiger partial charge in [-0.05, 0) is 33.5 Å². The van der Waals surface area contributed by atoms with E-state index in [0.29, 0.717) is 6.42 Å². The Morgan fingerprint density at radius 2 is 1.40 bits per heavy atom. The molecule has 1 atom stereocenters. The first-order chi connectivity index (χ1) is 12.0. The topological polar surface area (TPSA) is 58.6 Å². The fraction of sp³-hybridized carbons (Fsp3) is 0.895. The summed E-state index contributed by atoms with van der Waals surface area (Å²) in [4.78, 5) is 25.4.